The second-order valence-corrected chi connectivity index (χ2v) is 7.34. The average molecular weight is 411 g/mol. The highest BCUT2D eigenvalue weighted by molar-refractivity contribution is 7.13. The van der Waals surface area contributed by atoms with E-state index >= 15 is 0 Å². The van der Waals surface area contributed by atoms with Crippen molar-refractivity contribution in [3.8, 4) is 16.3 Å². The van der Waals surface area contributed by atoms with Crippen molar-refractivity contribution in [2.75, 3.05) is 25.0 Å². The van der Waals surface area contributed by atoms with E-state index in [2.05, 4.69) is 20.6 Å². The number of nitrogens with zero attached hydrogens (tertiary/aromatic N) is 2. The summed E-state index contributed by atoms with van der Waals surface area (Å²) in [6, 6.07) is 13.7. The van der Waals surface area contributed by atoms with Crippen molar-refractivity contribution >= 4 is 23.1 Å². The van der Waals surface area contributed by atoms with E-state index in [1.165, 1.54) is 0 Å². The van der Waals surface area contributed by atoms with Crippen LogP contribution in [-0.2, 0) is 11.2 Å². The van der Waals surface area contributed by atoms with Crippen LogP contribution in [0.1, 0.15) is 25.5 Å². The molecule has 0 unspecified atom stereocenters. The van der Waals surface area contributed by atoms with Gasteiger partial charge in [0.05, 0.1) is 18.7 Å². The number of nitrogens with one attached hydrogen (secondary N) is 2. The van der Waals surface area contributed by atoms with Gasteiger partial charge in [-0.05, 0) is 56.2 Å². The predicted molar refractivity (Wildman–Crippen MR) is 117 cm³/mol. The van der Waals surface area contributed by atoms with Crippen LogP contribution in [0.3, 0.4) is 0 Å². The van der Waals surface area contributed by atoms with Crippen LogP contribution in [0.4, 0.5) is 5.82 Å². The number of unbranched alkanes of at least 4 members (excludes halogenated alkanes) is 1. The third-order valence-electron chi connectivity index (χ3n) is 4.20. The first-order valence-corrected chi connectivity index (χ1v) is 10.7. The number of amides is 1. The maximum absolute atomic E-state index is 12.1. The topological polar surface area (TPSA) is 76.1 Å². The van der Waals surface area contributed by atoms with Gasteiger partial charge in [0.1, 0.15) is 16.6 Å². The molecule has 7 heteroatoms. The number of carbonyl (C=O) groups is 1. The minimum absolute atomic E-state index is 0.00577. The fourth-order valence-corrected chi connectivity index (χ4v) is 3.60. The Bertz CT molecular complexity index is 881. The lowest BCUT2D eigenvalue weighted by Crippen LogP contribution is -2.26. The van der Waals surface area contributed by atoms with E-state index in [4.69, 9.17) is 4.74 Å². The Hall–Kier alpha value is -2.93. The number of thiazole rings is 1. The molecule has 0 saturated carbocycles. The van der Waals surface area contributed by atoms with Crippen LogP contribution in [0.5, 0.6) is 5.75 Å². The Morgan fingerprint density at radius 1 is 1.10 bits per heavy atom. The summed E-state index contributed by atoms with van der Waals surface area (Å²) in [5.41, 5.74) is 1.83. The van der Waals surface area contributed by atoms with Crippen molar-refractivity contribution in [2.24, 2.45) is 0 Å². The van der Waals surface area contributed by atoms with Crippen LogP contribution >= 0.6 is 11.3 Å². The zero-order chi connectivity index (χ0) is 20.3. The zero-order valence-corrected chi connectivity index (χ0v) is 17.4. The lowest BCUT2D eigenvalue weighted by atomic mass is 10.2. The molecule has 3 rings (SSSR count). The Morgan fingerprint density at radius 2 is 1.93 bits per heavy atom. The molecule has 2 heterocycles. The van der Waals surface area contributed by atoms with Crippen LogP contribution in [0.2, 0.25) is 0 Å². The van der Waals surface area contributed by atoms with Crippen LogP contribution in [0.25, 0.3) is 10.6 Å². The molecule has 0 fully saturated rings. The van der Waals surface area contributed by atoms with Gasteiger partial charge in [-0.1, -0.05) is 6.07 Å². The number of benzene rings is 1. The summed E-state index contributed by atoms with van der Waals surface area (Å²) in [7, 11) is 0. The van der Waals surface area contributed by atoms with E-state index in [0.717, 1.165) is 47.2 Å². The molecule has 1 amide bonds. The fourth-order valence-electron chi connectivity index (χ4n) is 2.77. The lowest BCUT2D eigenvalue weighted by Gasteiger charge is -2.06. The Balaban J connectivity index is 1.35. The number of rotatable bonds is 11. The second kappa shape index (κ2) is 11.2. The number of anilines is 1. The van der Waals surface area contributed by atoms with Gasteiger partial charge in [-0.15, -0.1) is 11.3 Å². The Labute approximate surface area is 175 Å². The monoisotopic (exact) mass is 410 g/mol. The van der Waals surface area contributed by atoms with E-state index in [1.54, 1.807) is 17.5 Å². The molecule has 3 aromatic rings. The summed E-state index contributed by atoms with van der Waals surface area (Å²) in [4.78, 5) is 20.9. The van der Waals surface area contributed by atoms with E-state index in [9.17, 15) is 4.79 Å². The number of ether oxygens (including phenoxy) is 1. The molecule has 0 radical (unpaired) electrons. The lowest BCUT2D eigenvalue weighted by molar-refractivity contribution is -0.120. The van der Waals surface area contributed by atoms with Gasteiger partial charge in [0.15, 0.2) is 0 Å². The van der Waals surface area contributed by atoms with Gasteiger partial charge in [-0.25, -0.2) is 9.97 Å². The van der Waals surface area contributed by atoms with Crippen LogP contribution in [-0.4, -0.2) is 35.6 Å². The molecule has 29 heavy (non-hydrogen) atoms. The molecule has 2 aromatic heterocycles. The van der Waals surface area contributed by atoms with Crippen LogP contribution in [0.15, 0.2) is 54.0 Å². The summed E-state index contributed by atoms with van der Waals surface area (Å²) < 4.78 is 5.46. The minimum atomic E-state index is 0.00577. The smallest absolute Gasteiger partial charge is 0.226 e. The van der Waals surface area contributed by atoms with Gasteiger partial charge < -0.3 is 15.4 Å². The van der Waals surface area contributed by atoms with E-state index in [-0.39, 0.29) is 5.91 Å². The summed E-state index contributed by atoms with van der Waals surface area (Å²) in [6.45, 7) is 4.12. The van der Waals surface area contributed by atoms with Crippen molar-refractivity contribution < 1.29 is 9.53 Å². The van der Waals surface area contributed by atoms with Crippen molar-refractivity contribution in [2.45, 2.75) is 26.2 Å². The molecule has 0 bridgehead atoms. The van der Waals surface area contributed by atoms with Crippen molar-refractivity contribution in [1.82, 2.24) is 15.3 Å². The molecule has 0 aliphatic rings. The first-order chi connectivity index (χ1) is 14.2. The third-order valence-corrected chi connectivity index (χ3v) is 5.14. The van der Waals surface area contributed by atoms with Gasteiger partial charge in [0.2, 0.25) is 5.91 Å². The highest BCUT2D eigenvalue weighted by atomic mass is 32.1. The molecule has 152 valence electrons. The summed E-state index contributed by atoms with van der Waals surface area (Å²) in [6.07, 6.45) is 3.96. The van der Waals surface area contributed by atoms with E-state index < -0.39 is 0 Å². The molecule has 0 aliphatic heterocycles. The number of hydrogen-bond donors (Lipinski definition) is 2. The van der Waals surface area contributed by atoms with E-state index in [0.29, 0.717) is 19.6 Å². The number of pyridine rings is 1. The quantitative estimate of drug-likeness (QED) is 0.464. The normalized spacial score (nSPS) is 10.5. The molecule has 6 nitrogen and oxygen atoms in total. The molecule has 0 saturated heterocycles. The maximum atomic E-state index is 12.1. The summed E-state index contributed by atoms with van der Waals surface area (Å²) in [5, 5.41) is 9.09. The second-order valence-electron chi connectivity index (χ2n) is 6.48. The van der Waals surface area contributed by atoms with Crippen molar-refractivity contribution in [1.29, 1.82) is 0 Å². The summed E-state index contributed by atoms with van der Waals surface area (Å²) >= 11 is 1.55. The Morgan fingerprint density at radius 3 is 2.69 bits per heavy atom. The molecule has 0 aliphatic carbocycles. The highest BCUT2D eigenvalue weighted by Crippen LogP contribution is 2.26. The molecular formula is C22H26N4O2S. The van der Waals surface area contributed by atoms with Crippen molar-refractivity contribution in [3.05, 3.63) is 59.7 Å². The van der Waals surface area contributed by atoms with Crippen molar-refractivity contribution in [3.63, 3.8) is 0 Å². The van der Waals surface area contributed by atoms with Gasteiger partial charge in [0, 0.05) is 30.2 Å². The summed E-state index contributed by atoms with van der Waals surface area (Å²) in [5.74, 6) is 1.73. The predicted octanol–water partition coefficient (Wildman–Crippen LogP) is 4.15. The number of aromatic nitrogens is 2. The molecule has 0 atom stereocenters. The highest BCUT2D eigenvalue weighted by Gasteiger charge is 2.09. The van der Waals surface area contributed by atoms with E-state index in [1.807, 2.05) is 54.8 Å². The SMILES string of the molecule is CCOc1ccc(-c2nc(CC(=O)NCCCCNc3ccccn3)cs2)cc1. The molecule has 1 aromatic carbocycles. The zero-order valence-electron chi connectivity index (χ0n) is 16.6. The van der Waals surface area contributed by atoms with Gasteiger partial charge in [0.25, 0.3) is 0 Å². The first kappa shape index (κ1) is 20.8. The standard InChI is InChI=1S/C22H26N4O2S/c1-2-28-19-10-8-17(9-11-19)22-26-18(16-29-22)15-21(27)25-14-6-5-13-24-20-7-3-4-12-23-20/h3-4,7-12,16H,2,5-6,13-15H2,1H3,(H,23,24)(H,25,27). The fraction of sp³-hybridized carbons (Fsp3) is 0.318. The van der Waals surface area contributed by atoms with Crippen LogP contribution < -0.4 is 15.4 Å². The van der Waals surface area contributed by atoms with Gasteiger partial charge >= 0.3 is 0 Å². The van der Waals surface area contributed by atoms with Crippen LogP contribution in [0, 0.1) is 0 Å². The molecule has 0 spiro atoms. The Kier molecular flexibility index (Phi) is 8.01. The van der Waals surface area contributed by atoms with Gasteiger partial charge in [-0.2, -0.15) is 0 Å². The molecule has 2 N–H and O–H groups in total. The first-order valence-electron chi connectivity index (χ1n) is 9.84. The number of carbonyl (C=O) groups excluding carboxylic acids is 1. The number of hydrogen-bond acceptors (Lipinski definition) is 6. The maximum Gasteiger partial charge on any atom is 0.226 e. The largest absolute Gasteiger partial charge is 0.494 e. The minimum Gasteiger partial charge on any atom is -0.494 e. The third kappa shape index (κ3) is 6.87. The molecular weight excluding hydrogens is 384 g/mol. The van der Waals surface area contributed by atoms with Gasteiger partial charge in [-0.3, -0.25) is 4.79 Å². The average Bonchev–Trinajstić information content (AvgIpc) is 3.20.